The molecule has 5 heteroatoms. The molecular formula is C12H9Cl2N3. The molecule has 3 nitrogen and oxygen atoms in total. The molecule has 86 valence electrons. The fourth-order valence-electron chi connectivity index (χ4n) is 1.91. The number of aliphatic imine (C=N–C) groups is 1. The van der Waals surface area contributed by atoms with Crippen molar-refractivity contribution >= 4 is 35.4 Å². The third kappa shape index (κ3) is 1.92. The molecule has 3 rings (SSSR count). The average Bonchev–Trinajstić information content (AvgIpc) is 2.71. The summed E-state index contributed by atoms with van der Waals surface area (Å²) in [5.74, 6) is 1.01. The van der Waals surface area contributed by atoms with Gasteiger partial charge in [0.2, 0.25) is 0 Å². The highest BCUT2D eigenvalue weighted by molar-refractivity contribution is 6.34. The highest BCUT2D eigenvalue weighted by Crippen LogP contribution is 2.28. The molecule has 0 radical (unpaired) electrons. The van der Waals surface area contributed by atoms with Gasteiger partial charge in [0, 0.05) is 27.5 Å². The lowest BCUT2D eigenvalue weighted by Gasteiger charge is -2.13. The third-order valence-corrected chi connectivity index (χ3v) is 3.09. The average molecular weight is 266 g/mol. The van der Waals surface area contributed by atoms with Gasteiger partial charge in [-0.1, -0.05) is 23.2 Å². The summed E-state index contributed by atoms with van der Waals surface area (Å²) in [7, 11) is 0. The molecule has 2 heterocycles. The van der Waals surface area contributed by atoms with E-state index in [0.29, 0.717) is 16.6 Å². The Morgan fingerprint density at radius 1 is 1.18 bits per heavy atom. The van der Waals surface area contributed by atoms with Crippen molar-refractivity contribution in [1.29, 1.82) is 0 Å². The highest BCUT2D eigenvalue weighted by atomic mass is 35.5. The number of nitrogens with zero attached hydrogens (tertiary/aromatic N) is 2. The van der Waals surface area contributed by atoms with E-state index in [0.717, 1.165) is 17.1 Å². The van der Waals surface area contributed by atoms with Gasteiger partial charge in [-0.05, 0) is 24.3 Å². The Hall–Kier alpha value is -1.45. The zero-order valence-electron chi connectivity index (χ0n) is 8.82. The maximum absolute atomic E-state index is 6.01. The molecule has 1 aliphatic rings. The van der Waals surface area contributed by atoms with Crippen LogP contribution >= 0.6 is 23.2 Å². The fourth-order valence-corrected chi connectivity index (χ4v) is 2.42. The SMILES string of the molecule is Clc1cc(Cl)cc(-n2ccc3c2NC=NC3)c1. The van der Waals surface area contributed by atoms with Crippen molar-refractivity contribution in [1.82, 2.24) is 4.57 Å². The molecule has 1 aromatic carbocycles. The summed E-state index contributed by atoms with van der Waals surface area (Å²) in [6.07, 6.45) is 3.68. The van der Waals surface area contributed by atoms with E-state index < -0.39 is 0 Å². The first-order chi connectivity index (χ1) is 8.24. The summed E-state index contributed by atoms with van der Waals surface area (Å²) >= 11 is 12.0. The van der Waals surface area contributed by atoms with Crippen LogP contribution in [0.4, 0.5) is 5.82 Å². The number of nitrogens with one attached hydrogen (secondary N) is 1. The van der Waals surface area contributed by atoms with Gasteiger partial charge < -0.3 is 9.88 Å². The van der Waals surface area contributed by atoms with Crippen LogP contribution in [-0.2, 0) is 6.54 Å². The molecule has 1 aromatic heterocycles. The predicted molar refractivity (Wildman–Crippen MR) is 71.6 cm³/mol. The number of rotatable bonds is 1. The van der Waals surface area contributed by atoms with Gasteiger partial charge in [-0.2, -0.15) is 0 Å². The first kappa shape index (κ1) is 10.7. The normalized spacial score (nSPS) is 13.3. The number of aromatic nitrogens is 1. The maximum atomic E-state index is 6.01. The second-order valence-electron chi connectivity index (χ2n) is 3.80. The first-order valence-electron chi connectivity index (χ1n) is 5.15. The Balaban J connectivity index is 2.13. The predicted octanol–water partition coefficient (Wildman–Crippen LogP) is 3.74. The molecule has 0 aliphatic carbocycles. The summed E-state index contributed by atoms with van der Waals surface area (Å²) in [5, 5.41) is 4.38. The van der Waals surface area contributed by atoms with E-state index in [2.05, 4.69) is 10.3 Å². The van der Waals surface area contributed by atoms with E-state index in [-0.39, 0.29) is 0 Å². The minimum atomic E-state index is 0.624. The molecule has 0 spiro atoms. The van der Waals surface area contributed by atoms with E-state index >= 15 is 0 Å². The number of hydrogen-bond donors (Lipinski definition) is 1. The summed E-state index contributed by atoms with van der Waals surface area (Å²) < 4.78 is 2.01. The van der Waals surface area contributed by atoms with Crippen molar-refractivity contribution in [3.8, 4) is 5.69 Å². The molecule has 0 bridgehead atoms. The Labute approximate surface area is 109 Å². The summed E-state index contributed by atoms with van der Waals surface area (Å²) in [4.78, 5) is 4.16. The van der Waals surface area contributed by atoms with E-state index in [1.807, 2.05) is 29.0 Å². The zero-order chi connectivity index (χ0) is 11.8. The number of halogens is 2. The van der Waals surface area contributed by atoms with Gasteiger partial charge in [-0.15, -0.1) is 0 Å². The van der Waals surface area contributed by atoms with E-state index in [1.54, 1.807) is 12.4 Å². The van der Waals surface area contributed by atoms with Crippen molar-refractivity contribution < 1.29 is 0 Å². The lowest BCUT2D eigenvalue weighted by Crippen LogP contribution is -2.08. The van der Waals surface area contributed by atoms with E-state index in [1.165, 1.54) is 0 Å². The second kappa shape index (κ2) is 4.09. The van der Waals surface area contributed by atoms with Crippen molar-refractivity contribution in [2.75, 3.05) is 5.32 Å². The molecule has 17 heavy (non-hydrogen) atoms. The minimum Gasteiger partial charge on any atom is -0.332 e. The molecule has 1 aliphatic heterocycles. The first-order valence-corrected chi connectivity index (χ1v) is 5.91. The Morgan fingerprint density at radius 3 is 2.71 bits per heavy atom. The number of hydrogen-bond acceptors (Lipinski definition) is 2. The van der Waals surface area contributed by atoms with Crippen LogP contribution < -0.4 is 5.32 Å². The van der Waals surface area contributed by atoms with Crippen LogP contribution in [0.1, 0.15) is 5.56 Å². The second-order valence-corrected chi connectivity index (χ2v) is 4.67. The summed E-state index contributed by atoms with van der Waals surface area (Å²) in [6, 6.07) is 7.51. The van der Waals surface area contributed by atoms with Gasteiger partial charge in [0.05, 0.1) is 12.9 Å². The van der Waals surface area contributed by atoms with Gasteiger partial charge >= 0.3 is 0 Å². The molecular weight excluding hydrogens is 257 g/mol. The lowest BCUT2D eigenvalue weighted by atomic mass is 10.3. The standard InChI is InChI=1S/C12H9Cl2N3/c13-9-3-10(14)5-11(4-9)17-2-1-8-6-15-7-16-12(8)17/h1-5,7H,6H2,(H,15,16). The van der Waals surface area contributed by atoms with Gasteiger partial charge in [0.25, 0.3) is 0 Å². The molecule has 0 fully saturated rings. The van der Waals surface area contributed by atoms with Crippen LogP contribution in [-0.4, -0.2) is 10.9 Å². The topological polar surface area (TPSA) is 29.3 Å². The van der Waals surface area contributed by atoms with Crippen molar-refractivity contribution in [2.45, 2.75) is 6.54 Å². The highest BCUT2D eigenvalue weighted by Gasteiger charge is 2.12. The number of anilines is 1. The Morgan fingerprint density at radius 2 is 1.94 bits per heavy atom. The van der Waals surface area contributed by atoms with Crippen molar-refractivity contribution in [3.05, 3.63) is 46.1 Å². The monoisotopic (exact) mass is 265 g/mol. The molecule has 0 saturated carbocycles. The van der Waals surface area contributed by atoms with E-state index in [9.17, 15) is 0 Å². The quantitative estimate of drug-likeness (QED) is 0.837. The Kier molecular flexibility index (Phi) is 2.57. The molecule has 0 saturated heterocycles. The third-order valence-electron chi connectivity index (χ3n) is 2.65. The minimum absolute atomic E-state index is 0.624. The van der Waals surface area contributed by atoms with Crippen LogP contribution in [0.3, 0.4) is 0 Å². The fraction of sp³-hybridized carbons (Fsp3) is 0.0833. The van der Waals surface area contributed by atoms with Gasteiger partial charge in [-0.25, -0.2) is 0 Å². The maximum Gasteiger partial charge on any atom is 0.120 e. The largest absolute Gasteiger partial charge is 0.332 e. The molecule has 2 aromatic rings. The van der Waals surface area contributed by atoms with Crippen LogP contribution in [0.2, 0.25) is 10.0 Å². The van der Waals surface area contributed by atoms with Crippen LogP contribution in [0.5, 0.6) is 0 Å². The van der Waals surface area contributed by atoms with Crippen molar-refractivity contribution in [3.63, 3.8) is 0 Å². The summed E-state index contributed by atoms with van der Waals surface area (Å²) in [5.41, 5.74) is 2.09. The lowest BCUT2D eigenvalue weighted by molar-refractivity contribution is 1.02. The molecule has 0 unspecified atom stereocenters. The zero-order valence-corrected chi connectivity index (χ0v) is 10.3. The van der Waals surface area contributed by atoms with Gasteiger partial charge in [0.1, 0.15) is 5.82 Å². The molecule has 1 N–H and O–H groups in total. The van der Waals surface area contributed by atoms with E-state index in [4.69, 9.17) is 23.2 Å². The molecule has 0 amide bonds. The van der Waals surface area contributed by atoms with Crippen molar-refractivity contribution in [2.24, 2.45) is 4.99 Å². The number of benzene rings is 1. The van der Waals surface area contributed by atoms with Crippen LogP contribution in [0.25, 0.3) is 5.69 Å². The van der Waals surface area contributed by atoms with Gasteiger partial charge in [0.15, 0.2) is 0 Å². The Bertz CT molecular complexity index is 582. The van der Waals surface area contributed by atoms with Crippen LogP contribution in [0.15, 0.2) is 35.5 Å². The van der Waals surface area contributed by atoms with Crippen LogP contribution in [0, 0.1) is 0 Å². The summed E-state index contributed by atoms with van der Waals surface area (Å²) in [6.45, 7) is 0.698. The molecule has 0 atom stereocenters. The van der Waals surface area contributed by atoms with Gasteiger partial charge in [-0.3, -0.25) is 4.99 Å². The smallest absolute Gasteiger partial charge is 0.120 e. The number of fused-ring (bicyclic) bond motifs is 1.